The number of halogens is 2. The van der Waals surface area contributed by atoms with Gasteiger partial charge in [-0.15, -0.1) is 0 Å². The van der Waals surface area contributed by atoms with Crippen LogP contribution in [-0.2, 0) is 0 Å². The van der Waals surface area contributed by atoms with Crippen LogP contribution in [0.2, 0.25) is 5.02 Å². The molecule has 3 N–H and O–H groups in total. The number of carbonyl (C=O) groups excluding carboxylic acids is 1. The fourth-order valence-corrected chi connectivity index (χ4v) is 2.35. The average Bonchev–Trinajstić information content (AvgIpc) is 2.35. The molecule has 18 heavy (non-hydrogen) atoms. The SMILES string of the molecule is N[C@H]1CC[C@@H](NC(=O)c2ccc(F)c(Cl)c2)CC1. The van der Waals surface area contributed by atoms with Crippen LogP contribution in [0.3, 0.4) is 0 Å². The predicted octanol–water partition coefficient (Wildman–Crippen LogP) is 2.48. The van der Waals surface area contributed by atoms with E-state index in [0.717, 1.165) is 25.7 Å². The first-order chi connectivity index (χ1) is 8.56. The van der Waals surface area contributed by atoms with Gasteiger partial charge in [-0.3, -0.25) is 4.79 Å². The Kier molecular flexibility index (Phi) is 4.19. The number of hydrogen-bond donors (Lipinski definition) is 2. The molecule has 0 atom stereocenters. The Morgan fingerprint density at radius 2 is 2.00 bits per heavy atom. The minimum atomic E-state index is -0.517. The zero-order valence-corrected chi connectivity index (χ0v) is 10.7. The van der Waals surface area contributed by atoms with Crippen molar-refractivity contribution in [2.45, 2.75) is 37.8 Å². The van der Waals surface area contributed by atoms with E-state index in [-0.39, 0.29) is 23.0 Å². The van der Waals surface area contributed by atoms with Gasteiger partial charge in [-0.25, -0.2) is 4.39 Å². The molecule has 5 heteroatoms. The summed E-state index contributed by atoms with van der Waals surface area (Å²) in [6, 6.07) is 4.39. The molecule has 1 aliphatic rings. The van der Waals surface area contributed by atoms with E-state index in [2.05, 4.69) is 5.32 Å². The van der Waals surface area contributed by atoms with Gasteiger partial charge in [0, 0.05) is 17.6 Å². The standard InChI is InChI=1S/C13H16ClFN2O/c14-11-7-8(1-6-12(11)15)13(18)17-10-4-2-9(16)3-5-10/h1,6-7,9-10H,2-5,16H2,(H,17,18)/t9-,10+. The number of amides is 1. The quantitative estimate of drug-likeness (QED) is 0.867. The fraction of sp³-hybridized carbons (Fsp3) is 0.462. The summed E-state index contributed by atoms with van der Waals surface area (Å²) in [7, 11) is 0. The number of rotatable bonds is 2. The minimum absolute atomic E-state index is 0.0340. The highest BCUT2D eigenvalue weighted by molar-refractivity contribution is 6.31. The zero-order chi connectivity index (χ0) is 13.1. The predicted molar refractivity (Wildman–Crippen MR) is 69.1 cm³/mol. The van der Waals surface area contributed by atoms with Gasteiger partial charge in [-0.2, -0.15) is 0 Å². The maximum absolute atomic E-state index is 13.0. The van der Waals surface area contributed by atoms with Crippen LogP contribution in [0.15, 0.2) is 18.2 Å². The Morgan fingerprint density at radius 3 is 2.61 bits per heavy atom. The molecule has 0 bridgehead atoms. The number of benzene rings is 1. The van der Waals surface area contributed by atoms with Crippen molar-refractivity contribution in [3.05, 3.63) is 34.6 Å². The Hall–Kier alpha value is -1.13. The van der Waals surface area contributed by atoms with Crippen LogP contribution in [0.4, 0.5) is 4.39 Å². The first kappa shape index (κ1) is 13.3. The lowest BCUT2D eigenvalue weighted by Gasteiger charge is -2.26. The molecule has 1 aromatic carbocycles. The minimum Gasteiger partial charge on any atom is -0.349 e. The highest BCUT2D eigenvalue weighted by Crippen LogP contribution is 2.19. The number of nitrogens with two attached hydrogens (primary N) is 1. The molecule has 3 nitrogen and oxygen atoms in total. The first-order valence-electron chi connectivity index (χ1n) is 6.08. The van der Waals surface area contributed by atoms with E-state index >= 15 is 0 Å². The molecule has 0 heterocycles. The molecule has 1 aromatic rings. The van der Waals surface area contributed by atoms with Crippen molar-refractivity contribution in [2.75, 3.05) is 0 Å². The Bertz CT molecular complexity index is 445. The van der Waals surface area contributed by atoms with E-state index in [4.69, 9.17) is 17.3 Å². The summed E-state index contributed by atoms with van der Waals surface area (Å²) in [6.07, 6.45) is 3.63. The Labute approximate surface area is 111 Å². The lowest BCUT2D eigenvalue weighted by Crippen LogP contribution is -2.40. The average molecular weight is 271 g/mol. The summed E-state index contributed by atoms with van der Waals surface area (Å²) < 4.78 is 13.0. The number of hydrogen-bond acceptors (Lipinski definition) is 2. The van der Waals surface area contributed by atoms with Crippen LogP contribution in [0, 0.1) is 5.82 Å². The van der Waals surface area contributed by atoms with Gasteiger partial charge >= 0.3 is 0 Å². The molecule has 1 aliphatic carbocycles. The van der Waals surface area contributed by atoms with Gasteiger partial charge in [-0.1, -0.05) is 11.6 Å². The van der Waals surface area contributed by atoms with Crippen molar-refractivity contribution in [1.29, 1.82) is 0 Å². The monoisotopic (exact) mass is 270 g/mol. The summed E-state index contributed by atoms with van der Waals surface area (Å²) in [6.45, 7) is 0. The molecule has 0 spiro atoms. The molecule has 1 saturated carbocycles. The van der Waals surface area contributed by atoms with E-state index in [9.17, 15) is 9.18 Å². The number of carbonyl (C=O) groups is 1. The molecular formula is C13H16ClFN2O. The van der Waals surface area contributed by atoms with Crippen molar-refractivity contribution >= 4 is 17.5 Å². The topological polar surface area (TPSA) is 55.1 Å². The smallest absolute Gasteiger partial charge is 0.251 e. The van der Waals surface area contributed by atoms with Crippen molar-refractivity contribution in [2.24, 2.45) is 5.73 Å². The van der Waals surface area contributed by atoms with Crippen molar-refractivity contribution in [3.8, 4) is 0 Å². The van der Waals surface area contributed by atoms with Crippen LogP contribution in [-0.4, -0.2) is 18.0 Å². The zero-order valence-electron chi connectivity index (χ0n) is 9.96. The van der Waals surface area contributed by atoms with Gasteiger partial charge in [0.2, 0.25) is 0 Å². The van der Waals surface area contributed by atoms with Gasteiger partial charge in [0.25, 0.3) is 5.91 Å². The van der Waals surface area contributed by atoms with E-state index in [1.807, 2.05) is 0 Å². The van der Waals surface area contributed by atoms with E-state index in [1.54, 1.807) is 0 Å². The maximum atomic E-state index is 13.0. The van der Waals surface area contributed by atoms with E-state index in [1.165, 1.54) is 18.2 Å². The van der Waals surface area contributed by atoms with Gasteiger partial charge in [-0.05, 0) is 43.9 Å². The second-order valence-electron chi connectivity index (χ2n) is 4.71. The highest BCUT2D eigenvalue weighted by Gasteiger charge is 2.20. The van der Waals surface area contributed by atoms with Gasteiger partial charge < -0.3 is 11.1 Å². The molecule has 1 amide bonds. The first-order valence-corrected chi connectivity index (χ1v) is 6.45. The third-order valence-electron chi connectivity index (χ3n) is 3.29. The summed E-state index contributed by atoms with van der Waals surface area (Å²) in [5.41, 5.74) is 6.19. The van der Waals surface area contributed by atoms with E-state index in [0.29, 0.717) is 5.56 Å². The lowest BCUT2D eigenvalue weighted by atomic mass is 9.91. The van der Waals surface area contributed by atoms with E-state index < -0.39 is 5.82 Å². The summed E-state index contributed by atoms with van der Waals surface area (Å²) in [4.78, 5) is 11.9. The molecule has 0 aliphatic heterocycles. The molecule has 2 rings (SSSR count). The summed E-state index contributed by atoms with van der Waals surface area (Å²) >= 11 is 5.65. The second kappa shape index (κ2) is 5.67. The lowest BCUT2D eigenvalue weighted by molar-refractivity contribution is 0.0926. The summed E-state index contributed by atoms with van der Waals surface area (Å²) in [5, 5.41) is 2.89. The molecule has 0 saturated heterocycles. The third-order valence-corrected chi connectivity index (χ3v) is 3.58. The van der Waals surface area contributed by atoms with Crippen molar-refractivity contribution < 1.29 is 9.18 Å². The normalized spacial score (nSPS) is 23.7. The Balaban J connectivity index is 1.97. The fourth-order valence-electron chi connectivity index (χ4n) is 2.17. The van der Waals surface area contributed by atoms with Crippen molar-refractivity contribution in [1.82, 2.24) is 5.32 Å². The molecule has 1 fully saturated rings. The van der Waals surface area contributed by atoms with Crippen LogP contribution in [0.25, 0.3) is 0 Å². The van der Waals surface area contributed by atoms with Crippen LogP contribution >= 0.6 is 11.6 Å². The van der Waals surface area contributed by atoms with Crippen molar-refractivity contribution in [3.63, 3.8) is 0 Å². The molecule has 0 radical (unpaired) electrons. The maximum Gasteiger partial charge on any atom is 0.251 e. The molecule has 0 aromatic heterocycles. The van der Waals surface area contributed by atoms with Gasteiger partial charge in [0.15, 0.2) is 0 Å². The van der Waals surface area contributed by atoms with Gasteiger partial charge in [0.1, 0.15) is 5.82 Å². The molecule has 0 unspecified atom stereocenters. The highest BCUT2D eigenvalue weighted by atomic mass is 35.5. The number of nitrogens with one attached hydrogen (secondary N) is 1. The summed E-state index contributed by atoms with van der Waals surface area (Å²) in [5.74, 6) is -0.728. The Morgan fingerprint density at radius 1 is 1.33 bits per heavy atom. The van der Waals surface area contributed by atoms with Crippen LogP contribution < -0.4 is 11.1 Å². The molecular weight excluding hydrogens is 255 g/mol. The van der Waals surface area contributed by atoms with Gasteiger partial charge in [0.05, 0.1) is 5.02 Å². The van der Waals surface area contributed by atoms with Crippen LogP contribution in [0.1, 0.15) is 36.0 Å². The third kappa shape index (κ3) is 3.21. The van der Waals surface area contributed by atoms with Crippen LogP contribution in [0.5, 0.6) is 0 Å². The molecule has 98 valence electrons. The largest absolute Gasteiger partial charge is 0.349 e. The second-order valence-corrected chi connectivity index (χ2v) is 5.12.